The van der Waals surface area contributed by atoms with Crippen molar-refractivity contribution < 1.29 is 9.53 Å². The van der Waals surface area contributed by atoms with Crippen LogP contribution in [0.15, 0.2) is 24.3 Å². The lowest BCUT2D eigenvalue weighted by Gasteiger charge is -2.23. The van der Waals surface area contributed by atoms with Crippen molar-refractivity contribution in [3.8, 4) is 0 Å². The highest BCUT2D eigenvalue weighted by molar-refractivity contribution is 8.00. The zero-order valence-corrected chi connectivity index (χ0v) is 13.9. The van der Waals surface area contributed by atoms with Gasteiger partial charge in [-0.1, -0.05) is 23.7 Å². The highest BCUT2D eigenvalue weighted by atomic mass is 35.5. The number of rotatable bonds is 5. The van der Waals surface area contributed by atoms with Crippen LogP contribution in [0.2, 0.25) is 5.02 Å². The molecular formula is C15H22ClNO2S. The lowest BCUT2D eigenvalue weighted by molar-refractivity contribution is -0.151. The van der Waals surface area contributed by atoms with Gasteiger partial charge in [0.25, 0.3) is 0 Å². The Morgan fingerprint density at radius 1 is 1.35 bits per heavy atom. The molecule has 0 heterocycles. The van der Waals surface area contributed by atoms with Crippen molar-refractivity contribution >= 4 is 29.3 Å². The van der Waals surface area contributed by atoms with Crippen LogP contribution in [-0.2, 0) is 9.53 Å². The molecule has 0 amide bonds. The molecule has 3 nitrogen and oxygen atoms in total. The molecule has 2 N–H and O–H groups in total. The highest BCUT2D eigenvalue weighted by Gasteiger charge is 2.21. The molecule has 0 aliphatic rings. The fraction of sp³-hybridized carbons (Fsp3) is 0.533. The second kappa shape index (κ2) is 7.34. The van der Waals surface area contributed by atoms with E-state index in [1.165, 1.54) is 11.8 Å². The molecule has 2 atom stereocenters. The summed E-state index contributed by atoms with van der Waals surface area (Å²) in [5.41, 5.74) is 6.63. The first-order valence-corrected chi connectivity index (χ1v) is 7.96. The van der Waals surface area contributed by atoms with Gasteiger partial charge in [0.05, 0.1) is 5.75 Å². The second-order valence-electron chi connectivity index (χ2n) is 5.73. The Bertz CT molecular complexity index is 440. The summed E-state index contributed by atoms with van der Waals surface area (Å²) in [4.78, 5) is 11.8. The number of hydrogen-bond acceptors (Lipinski definition) is 4. The van der Waals surface area contributed by atoms with Gasteiger partial charge in [-0.3, -0.25) is 4.79 Å². The number of nitrogens with two attached hydrogens (primary N) is 1. The van der Waals surface area contributed by atoms with Crippen LogP contribution in [0.25, 0.3) is 0 Å². The molecule has 0 radical (unpaired) electrons. The summed E-state index contributed by atoms with van der Waals surface area (Å²) in [5.74, 6) is 0.0636. The molecule has 20 heavy (non-hydrogen) atoms. The third kappa shape index (κ3) is 6.16. The Morgan fingerprint density at radius 2 is 1.90 bits per heavy atom. The van der Waals surface area contributed by atoms with Crippen molar-refractivity contribution in [2.75, 3.05) is 5.75 Å². The van der Waals surface area contributed by atoms with E-state index in [0.717, 1.165) is 5.56 Å². The van der Waals surface area contributed by atoms with E-state index in [9.17, 15) is 4.79 Å². The molecule has 1 aromatic carbocycles. The van der Waals surface area contributed by atoms with E-state index in [2.05, 4.69) is 0 Å². The minimum atomic E-state index is -0.457. The van der Waals surface area contributed by atoms with E-state index in [0.29, 0.717) is 5.02 Å². The maximum Gasteiger partial charge on any atom is 0.316 e. The van der Waals surface area contributed by atoms with Gasteiger partial charge >= 0.3 is 5.97 Å². The van der Waals surface area contributed by atoms with Gasteiger partial charge in [0.2, 0.25) is 0 Å². The first kappa shape index (κ1) is 17.3. The van der Waals surface area contributed by atoms with Crippen LogP contribution in [0.1, 0.15) is 38.5 Å². The molecule has 0 aliphatic heterocycles. The predicted octanol–water partition coefficient (Wildman–Crippen LogP) is 3.80. The van der Waals surface area contributed by atoms with Gasteiger partial charge in [0.15, 0.2) is 0 Å². The average molecular weight is 316 g/mol. The average Bonchev–Trinajstić information content (AvgIpc) is 2.29. The van der Waals surface area contributed by atoms with Gasteiger partial charge in [0.1, 0.15) is 5.60 Å². The molecule has 0 aromatic heterocycles. The van der Waals surface area contributed by atoms with Gasteiger partial charge in [-0.05, 0) is 45.4 Å². The van der Waals surface area contributed by atoms with E-state index in [1.54, 1.807) is 0 Å². The quantitative estimate of drug-likeness (QED) is 0.840. The Morgan fingerprint density at radius 3 is 2.35 bits per heavy atom. The molecule has 112 valence electrons. The summed E-state index contributed by atoms with van der Waals surface area (Å²) in [6, 6.07) is 7.49. The molecule has 0 saturated carbocycles. The van der Waals surface area contributed by atoms with Crippen molar-refractivity contribution in [2.24, 2.45) is 5.73 Å². The zero-order valence-electron chi connectivity index (χ0n) is 12.4. The van der Waals surface area contributed by atoms with Gasteiger partial charge in [-0.15, -0.1) is 11.8 Å². The Balaban J connectivity index is 2.65. The third-order valence-electron chi connectivity index (χ3n) is 2.48. The van der Waals surface area contributed by atoms with Gasteiger partial charge in [0, 0.05) is 16.3 Å². The topological polar surface area (TPSA) is 52.3 Å². The first-order valence-electron chi connectivity index (χ1n) is 6.53. The summed E-state index contributed by atoms with van der Waals surface area (Å²) in [6.07, 6.45) is 0. The summed E-state index contributed by atoms with van der Waals surface area (Å²) >= 11 is 7.38. The number of ether oxygens (including phenoxy) is 1. The number of thioether (sulfide) groups is 1. The van der Waals surface area contributed by atoms with E-state index in [1.807, 2.05) is 52.0 Å². The van der Waals surface area contributed by atoms with Crippen LogP contribution in [0.5, 0.6) is 0 Å². The largest absolute Gasteiger partial charge is 0.459 e. The number of carbonyl (C=O) groups is 1. The SMILES string of the molecule is CC(N)C(SCC(=O)OC(C)(C)C)c1ccc(Cl)cc1. The van der Waals surface area contributed by atoms with E-state index in [-0.39, 0.29) is 23.0 Å². The van der Waals surface area contributed by atoms with Crippen LogP contribution in [-0.4, -0.2) is 23.4 Å². The maximum atomic E-state index is 11.8. The van der Waals surface area contributed by atoms with Crippen molar-refractivity contribution in [1.82, 2.24) is 0 Å². The van der Waals surface area contributed by atoms with Gasteiger partial charge in [-0.2, -0.15) is 0 Å². The summed E-state index contributed by atoms with van der Waals surface area (Å²) in [5, 5.41) is 0.731. The van der Waals surface area contributed by atoms with Crippen LogP contribution in [0, 0.1) is 0 Å². The Hall–Kier alpha value is -0.710. The maximum absolute atomic E-state index is 11.8. The molecule has 0 fully saturated rings. The molecule has 2 unspecified atom stereocenters. The Labute approximate surface area is 130 Å². The number of esters is 1. The van der Waals surface area contributed by atoms with Crippen LogP contribution in [0.3, 0.4) is 0 Å². The van der Waals surface area contributed by atoms with E-state index >= 15 is 0 Å². The summed E-state index contributed by atoms with van der Waals surface area (Å²) in [7, 11) is 0. The van der Waals surface area contributed by atoms with Crippen molar-refractivity contribution in [2.45, 2.75) is 44.6 Å². The second-order valence-corrected chi connectivity index (χ2v) is 7.30. The van der Waals surface area contributed by atoms with Crippen molar-refractivity contribution in [3.05, 3.63) is 34.9 Å². The fourth-order valence-electron chi connectivity index (χ4n) is 1.73. The van der Waals surface area contributed by atoms with Gasteiger partial charge in [-0.25, -0.2) is 0 Å². The lowest BCUT2D eigenvalue weighted by Crippen LogP contribution is -2.27. The molecule has 0 aliphatic carbocycles. The summed E-state index contributed by atoms with van der Waals surface area (Å²) in [6.45, 7) is 7.51. The lowest BCUT2D eigenvalue weighted by atomic mass is 10.1. The minimum absolute atomic E-state index is 0.0415. The fourth-order valence-corrected chi connectivity index (χ4v) is 2.89. The predicted molar refractivity (Wildman–Crippen MR) is 86.1 cm³/mol. The molecule has 5 heteroatoms. The minimum Gasteiger partial charge on any atom is -0.459 e. The molecule has 0 spiro atoms. The number of halogens is 1. The third-order valence-corrected chi connectivity index (χ3v) is 4.19. The highest BCUT2D eigenvalue weighted by Crippen LogP contribution is 2.32. The molecule has 1 rings (SSSR count). The normalized spacial score (nSPS) is 14.7. The van der Waals surface area contributed by atoms with Crippen molar-refractivity contribution in [3.63, 3.8) is 0 Å². The van der Waals surface area contributed by atoms with Crippen LogP contribution >= 0.6 is 23.4 Å². The number of hydrogen-bond donors (Lipinski definition) is 1. The summed E-state index contributed by atoms with van der Waals surface area (Å²) < 4.78 is 5.30. The van der Waals surface area contributed by atoms with E-state index in [4.69, 9.17) is 22.1 Å². The molecular weight excluding hydrogens is 294 g/mol. The van der Waals surface area contributed by atoms with Crippen LogP contribution in [0.4, 0.5) is 0 Å². The standard InChI is InChI=1S/C15H22ClNO2S/c1-10(17)14(11-5-7-12(16)8-6-11)20-9-13(18)19-15(2,3)4/h5-8,10,14H,9,17H2,1-4H3. The van der Waals surface area contributed by atoms with Crippen molar-refractivity contribution in [1.29, 1.82) is 0 Å². The molecule has 0 saturated heterocycles. The number of carbonyl (C=O) groups excluding carboxylic acids is 1. The smallest absolute Gasteiger partial charge is 0.316 e. The van der Waals surface area contributed by atoms with E-state index < -0.39 is 5.60 Å². The Kier molecular flexibility index (Phi) is 6.37. The number of benzene rings is 1. The molecule has 1 aromatic rings. The first-order chi connectivity index (χ1) is 9.19. The molecule has 0 bridgehead atoms. The van der Waals surface area contributed by atoms with Crippen LogP contribution < -0.4 is 5.73 Å². The monoisotopic (exact) mass is 315 g/mol. The zero-order chi connectivity index (χ0) is 15.3. The van der Waals surface area contributed by atoms with Gasteiger partial charge < -0.3 is 10.5 Å².